The summed E-state index contributed by atoms with van der Waals surface area (Å²) in [4.78, 5) is 0. The number of hydrogen-bond acceptors (Lipinski definition) is 3. The van der Waals surface area contributed by atoms with Crippen LogP contribution in [0.2, 0.25) is 13.7 Å². The van der Waals surface area contributed by atoms with Gasteiger partial charge in [0.1, 0.15) is 5.82 Å². The van der Waals surface area contributed by atoms with E-state index in [4.69, 9.17) is 40.6 Å². The molecule has 1 aromatic carbocycles. The van der Waals surface area contributed by atoms with Crippen LogP contribution >= 0.6 is 46.1 Å². The molecule has 1 unspecified atom stereocenters. The first-order valence-electron chi connectivity index (χ1n) is 5.36. The molecule has 1 atom stereocenters. The Morgan fingerprint density at radius 1 is 1.32 bits per heavy atom. The molecule has 3 N–H and O–H groups in total. The highest BCUT2D eigenvalue weighted by Crippen LogP contribution is 2.36. The molecule has 0 fully saturated rings. The topological polar surface area (TPSA) is 38.0 Å². The molecule has 0 bridgehead atoms. The second-order valence-electron chi connectivity index (χ2n) is 3.92. The number of halogens is 4. The summed E-state index contributed by atoms with van der Waals surface area (Å²) in [5, 5.41) is 0.0859. The molecule has 0 radical (unpaired) electrons. The second kappa shape index (κ2) is 6.39. The molecule has 0 amide bonds. The van der Waals surface area contributed by atoms with Crippen molar-refractivity contribution in [2.45, 2.75) is 12.5 Å². The van der Waals surface area contributed by atoms with E-state index in [9.17, 15) is 4.39 Å². The van der Waals surface area contributed by atoms with Gasteiger partial charge in [0.05, 0.1) is 19.7 Å². The quantitative estimate of drug-likeness (QED) is 0.631. The van der Waals surface area contributed by atoms with E-state index in [1.54, 1.807) is 18.2 Å². The first kappa shape index (κ1) is 15.0. The van der Waals surface area contributed by atoms with Crippen LogP contribution in [0.1, 0.15) is 17.2 Å². The van der Waals surface area contributed by atoms with Crippen molar-refractivity contribution in [3.63, 3.8) is 0 Å². The van der Waals surface area contributed by atoms with Gasteiger partial charge < -0.3 is 0 Å². The number of rotatable bonds is 4. The Bertz CT molecular complexity index is 588. The Morgan fingerprint density at radius 2 is 2.05 bits per heavy atom. The Hall–Kier alpha value is -0.360. The number of thiophene rings is 1. The molecule has 0 saturated carbocycles. The van der Waals surface area contributed by atoms with Crippen molar-refractivity contribution in [2.24, 2.45) is 5.84 Å². The molecule has 0 saturated heterocycles. The molecule has 0 spiro atoms. The van der Waals surface area contributed by atoms with Crippen LogP contribution in [0.15, 0.2) is 24.3 Å². The van der Waals surface area contributed by atoms with E-state index in [0.717, 1.165) is 5.56 Å². The summed E-state index contributed by atoms with van der Waals surface area (Å²) in [5.41, 5.74) is 3.84. The van der Waals surface area contributed by atoms with Crippen molar-refractivity contribution >= 4 is 46.1 Å². The van der Waals surface area contributed by atoms with Crippen LogP contribution in [0.4, 0.5) is 4.39 Å². The molecular weight excluding hydrogens is 330 g/mol. The van der Waals surface area contributed by atoms with Crippen molar-refractivity contribution in [3.8, 4) is 0 Å². The maximum absolute atomic E-state index is 13.9. The fraction of sp³-hybridized carbons (Fsp3) is 0.167. The number of benzene rings is 1. The Labute approximate surface area is 129 Å². The van der Waals surface area contributed by atoms with Crippen LogP contribution in [0.5, 0.6) is 0 Å². The Morgan fingerprint density at radius 3 is 2.63 bits per heavy atom. The summed E-state index contributed by atoms with van der Waals surface area (Å²) in [6, 6.07) is 6.25. The van der Waals surface area contributed by atoms with Gasteiger partial charge in [-0.05, 0) is 24.1 Å². The van der Waals surface area contributed by atoms with Gasteiger partial charge in [-0.1, -0.05) is 46.9 Å². The van der Waals surface area contributed by atoms with E-state index >= 15 is 0 Å². The molecule has 1 heterocycles. The van der Waals surface area contributed by atoms with E-state index in [1.807, 2.05) is 0 Å². The molecule has 0 aliphatic heterocycles. The monoisotopic (exact) mass is 338 g/mol. The highest BCUT2D eigenvalue weighted by molar-refractivity contribution is 7.20. The number of hydrazine groups is 1. The number of nitrogens with two attached hydrogens (primary N) is 1. The molecule has 2 nitrogen and oxygen atoms in total. The average Bonchev–Trinajstić information content (AvgIpc) is 2.70. The number of nitrogens with one attached hydrogen (secondary N) is 1. The molecule has 2 rings (SSSR count). The van der Waals surface area contributed by atoms with Gasteiger partial charge >= 0.3 is 0 Å². The fourth-order valence-corrected chi connectivity index (χ4v) is 3.55. The van der Waals surface area contributed by atoms with Gasteiger partial charge in [-0.25, -0.2) is 4.39 Å². The molecular formula is C12H10Cl3FN2S. The standard InChI is InChI=1S/C12H10Cl3FN2S/c13-8-3-1-2-6(11(8)16)4-9(18-17)7-5-10(14)19-12(7)15/h1-3,5,9,18H,4,17H2. The van der Waals surface area contributed by atoms with E-state index in [-0.39, 0.29) is 11.1 Å². The summed E-state index contributed by atoms with van der Waals surface area (Å²) in [7, 11) is 0. The summed E-state index contributed by atoms with van der Waals surface area (Å²) in [6.45, 7) is 0. The van der Waals surface area contributed by atoms with Crippen LogP contribution in [-0.2, 0) is 6.42 Å². The van der Waals surface area contributed by atoms with Gasteiger partial charge in [0.15, 0.2) is 0 Å². The lowest BCUT2D eigenvalue weighted by atomic mass is 10.0. The van der Waals surface area contributed by atoms with Gasteiger partial charge in [0.2, 0.25) is 0 Å². The van der Waals surface area contributed by atoms with Gasteiger partial charge in [0, 0.05) is 5.56 Å². The van der Waals surface area contributed by atoms with Crippen molar-refractivity contribution in [3.05, 3.63) is 54.9 Å². The third kappa shape index (κ3) is 3.40. The zero-order valence-corrected chi connectivity index (χ0v) is 12.7. The van der Waals surface area contributed by atoms with Crippen LogP contribution < -0.4 is 11.3 Å². The molecule has 2 aromatic rings. The van der Waals surface area contributed by atoms with Crippen LogP contribution in [0.25, 0.3) is 0 Å². The number of hydrogen-bond donors (Lipinski definition) is 2. The minimum absolute atomic E-state index is 0.0859. The third-order valence-electron chi connectivity index (χ3n) is 2.72. The minimum Gasteiger partial charge on any atom is -0.271 e. The highest BCUT2D eigenvalue weighted by atomic mass is 35.5. The maximum atomic E-state index is 13.9. The van der Waals surface area contributed by atoms with Crippen molar-refractivity contribution in [1.82, 2.24) is 5.43 Å². The smallest absolute Gasteiger partial charge is 0.145 e. The van der Waals surface area contributed by atoms with Gasteiger partial charge in [-0.2, -0.15) is 0 Å². The van der Waals surface area contributed by atoms with E-state index in [1.165, 1.54) is 17.4 Å². The van der Waals surface area contributed by atoms with Crippen LogP contribution in [-0.4, -0.2) is 0 Å². The minimum atomic E-state index is -0.443. The fourth-order valence-electron chi connectivity index (χ4n) is 1.78. The molecule has 19 heavy (non-hydrogen) atoms. The summed E-state index contributed by atoms with van der Waals surface area (Å²) in [6.07, 6.45) is 0.329. The summed E-state index contributed by atoms with van der Waals surface area (Å²) in [5.74, 6) is 5.07. The van der Waals surface area contributed by atoms with Crippen molar-refractivity contribution in [2.75, 3.05) is 0 Å². The molecule has 0 aliphatic carbocycles. The van der Waals surface area contributed by atoms with Gasteiger partial charge in [0.25, 0.3) is 0 Å². The normalized spacial score (nSPS) is 12.7. The Kier molecular flexibility index (Phi) is 5.06. The predicted octanol–water partition coefficient (Wildman–Crippen LogP) is 4.59. The zero-order chi connectivity index (χ0) is 14.0. The van der Waals surface area contributed by atoms with Crippen molar-refractivity contribution < 1.29 is 4.39 Å². The van der Waals surface area contributed by atoms with Gasteiger partial charge in [-0.3, -0.25) is 11.3 Å². The van der Waals surface area contributed by atoms with Crippen LogP contribution in [0, 0.1) is 5.82 Å². The summed E-state index contributed by atoms with van der Waals surface area (Å²) >= 11 is 19.0. The largest absolute Gasteiger partial charge is 0.271 e. The van der Waals surface area contributed by atoms with E-state index < -0.39 is 5.82 Å². The SMILES string of the molecule is NNC(Cc1cccc(Cl)c1F)c1cc(Cl)sc1Cl. The first-order chi connectivity index (χ1) is 9.02. The summed E-state index contributed by atoms with van der Waals surface area (Å²) < 4.78 is 15.0. The van der Waals surface area contributed by atoms with Crippen molar-refractivity contribution in [1.29, 1.82) is 0 Å². The molecule has 7 heteroatoms. The highest BCUT2D eigenvalue weighted by Gasteiger charge is 2.19. The van der Waals surface area contributed by atoms with Gasteiger partial charge in [-0.15, -0.1) is 11.3 Å². The van der Waals surface area contributed by atoms with E-state index in [2.05, 4.69) is 5.43 Å². The third-order valence-corrected chi connectivity index (χ3v) is 4.53. The Balaban J connectivity index is 2.29. The van der Waals surface area contributed by atoms with Crippen LogP contribution in [0.3, 0.4) is 0 Å². The maximum Gasteiger partial charge on any atom is 0.145 e. The second-order valence-corrected chi connectivity index (χ2v) is 6.61. The van der Waals surface area contributed by atoms with E-state index in [0.29, 0.717) is 20.7 Å². The lowest BCUT2D eigenvalue weighted by molar-refractivity contribution is 0.530. The molecule has 102 valence electrons. The molecule has 1 aromatic heterocycles. The molecule has 0 aliphatic rings. The predicted molar refractivity (Wildman–Crippen MR) is 79.5 cm³/mol. The lowest BCUT2D eigenvalue weighted by Gasteiger charge is -2.16. The lowest BCUT2D eigenvalue weighted by Crippen LogP contribution is -2.29. The first-order valence-corrected chi connectivity index (χ1v) is 7.31. The zero-order valence-electron chi connectivity index (χ0n) is 9.59. The average molecular weight is 340 g/mol.